The third-order valence-corrected chi connectivity index (χ3v) is 3.94. The zero-order valence-electron chi connectivity index (χ0n) is 13.4. The number of rotatable bonds is 6. The largest absolute Gasteiger partial charge is 0.491 e. The van der Waals surface area contributed by atoms with E-state index in [2.05, 4.69) is 0 Å². The fourth-order valence-electron chi connectivity index (χ4n) is 2.69. The van der Waals surface area contributed by atoms with E-state index in [9.17, 15) is 14.7 Å². The van der Waals surface area contributed by atoms with Gasteiger partial charge in [-0.15, -0.1) is 0 Å². The Morgan fingerprint density at radius 1 is 1.30 bits per heavy atom. The topological polar surface area (TPSA) is 87.1 Å². The monoisotopic (exact) mass is 321 g/mol. The van der Waals surface area contributed by atoms with Gasteiger partial charge in [0.2, 0.25) is 5.91 Å². The lowest BCUT2D eigenvalue weighted by atomic mass is 10.1. The first kappa shape index (κ1) is 17.3. The third kappa shape index (κ3) is 4.45. The van der Waals surface area contributed by atoms with Gasteiger partial charge in [-0.3, -0.25) is 4.79 Å². The molecule has 0 bridgehead atoms. The highest BCUT2D eigenvalue weighted by Crippen LogP contribution is 2.22. The number of amides is 1. The van der Waals surface area contributed by atoms with Gasteiger partial charge in [0, 0.05) is 13.0 Å². The molecule has 6 heteroatoms. The van der Waals surface area contributed by atoms with E-state index >= 15 is 0 Å². The molecule has 1 aromatic carbocycles. The van der Waals surface area contributed by atoms with Gasteiger partial charge in [-0.1, -0.05) is 13.8 Å². The van der Waals surface area contributed by atoms with Gasteiger partial charge in [0.25, 0.3) is 0 Å². The van der Waals surface area contributed by atoms with Crippen LogP contribution in [0, 0.1) is 5.92 Å². The molecule has 0 aliphatic carbocycles. The Hall–Kier alpha value is -2.08. The number of aliphatic hydroxyl groups is 1. The molecule has 1 aliphatic heterocycles. The van der Waals surface area contributed by atoms with E-state index in [0.29, 0.717) is 25.1 Å². The third-order valence-electron chi connectivity index (χ3n) is 3.94. The van der Waals surface area contributed by atoms with Crippen molar-refractivity contribution in [1.82, 2.24) is 4.90 Å². The molecule has 0 spiro atoms. The Morgan fingerprint density at radius 2 is 1.96 bits per heavy atom. The lowest BCUT2D eigenvalue weighted by Gasteiger charge is -2.27. The summed E-state index contributed by atoms with van der Waals surface area (Å²) >= 11 is 0. The summed E-state index contributed by atoms with van der Waals surface area (Å²) in [6.07, 6.45) is 0.413. The van der Waals surface area contributed by atoms with Crippen LogP contribution in [-0.4, -0.2) is 52.3 Å². The van der Waals surface area contributed by atoms with Crippen LogP contribution >= 0.6 is 0 Å². The van der Waals surface area contributed by atoms with Crippen LogP contribution in [0.5, 0.6) is 5.75 Å². The van der Waals surface area contributed by atoms with Crippen molar-refractivity contribution in [3.63, 3.8) is 0 Å². The Labute approximate surface area is 135 Å². The molecule has 0 radical (unpaired) electrons. The van der Waals surface area contributed by atoms with Crippen LogP contribution in [0.15, 0.2) is 24.3 Å². The van der Waals surface area contributed by atoms with Gasteiger partial charge in [0.15, 0.2) is 0 Å². The zero-order chi connectivity index (χ0) is 17.0. The van der Waals surface area contributed by atoms with Gasteiger partial charge in [-0.2, -0.15) is 0 Å². The molecule has 1 heterocycles. The molecule has 1 saturated heterocycles. The lowest BCUT2D eigenvalue weighted by molar-refractivity contribution is -0.134. The molecular formula is C17H23NO5. The minimum Gasteiger partial charge on any atom is -0.491 e. The van der Waals surface area contributed by atoms with E-state index in [-0.39, 0.29) is 30.0 Å². The molecule has 2 N–H and O–H groups in total. The molecule has 1 fully saturated rings. The number of hydrogen-bond acceptors (Lipinski definition) is 4. The second-order valence-corrected chi connectivity index (χ2v) is 6.25. The molecule has 1 aliphatic rings. The van der Waals surface area contributed by atoms with Crippen molar-refractivity contribution in [2.24, 2.45) is 5.92 Å². The Kier molecular flexibility index (Phi) is 5.60. The van der Waals surface area contributed by atoms with E-state index in [1.54, 1.807) is 17.0 Å². The van der Waals surface area contributed by atoms with Crippen LogP contribution in [0.1, 0.15) is 37.0 Å². The highest BCUT2D eigenvalue weighted by atomic mass is 16.5. The van der Waals surface area contributed by atoms with E-state index in [1.807, 2.05) is 13.8 Å². The van der Waals surface area contributed by atoms with Crippen molar-refractivity contribution in [3.05, 3.63) is 29.8 Å². The van der Waals surface area contributed by atoms with Crippen LogP contribution in [0.4, 0.5) is 0 Å². The summed E-state index contributed by atoms with van der Waals surface area (Å²) in [4.78, 5) is 24.7. The van der Waals surface area contributed by atoms with Gasteiger partial charge in [0.05, 0.1) is 17.7 Å². The molecule has 1 aromatic rings. The molecule has 1 amide bonds. The zero-order valence-corrected chi connectivity index (χ0v) is 13.4. The molecule has 6 nitrogen and oxygen atoms in total. The normalized spacial score (nSPS) is 20.8. The second kappa shape index (κ2) is 7.46. The Balaban J connectivity index is 1.96. The SMILES string of the molecule is CC(C)CC(=O)N1CCC(O)C1COc1ccc(C(=O)O)cc1. The molecule has 23 heavy (non-hydrogen) atoms. The standard InChI is InChI=1S/C17H23NO5/c1-11(2)9-16(20)18-8-7-15(19)14(18)10-23-13-5-3-12(4-6-13)17(21)22/h3-6,11,14-15,19H,7-10H2,1-2H3,(H,21,22). The summed E-state index contributed by atoms with van der Waals surface area (Å²) in [5, 5.41) is 18.9. The minimum absolute atomic E-state index is 0.0337. The van der Waals surface area contributed by atoms with Crippen molar-refractivity contribution in [1.29, 1.82) is 0 Å². The number of carbonyl (C=O) groups is 2. The number of benzene rings is 1. The number of hydrogen-bond donors (Lipinski definition) is 2. The Morgan fingerprint density at radius 3 is 2.52 bits per heavy atom. The summed E-state index contributed by atoms with van der Waals surface area (Å²) in [6.45, 7) is 4.70. The maximum Gasteiger partial charge on any atom is 0.335 e. The molecule has 2 unspecified atom stereocenters. The quantitative estimate of drug-likeness (QED) is 0.834. The molecule has 0 saturated carbocycles. The number of carboxylic acids is 1. The smallest absolute Gasteiger partial charge is 0.335 e. The molecular weight excluding hydrogens is 298 g/mol. The fraction of sp³-hybridized carbons (Fsp3) is 0.529. The molecule has 2 rings (SSSR count). The van der Waals surface area contributed by atoms with Gasteiger partial charge in [-0.05, 0) is 36.6 Å². The number of aromatic carboxylic acids is 1. The predicted molar refractivity (Wildman–Crippen MR) is 84.5 cm³/mol. The Bertz CT molecular complexity index is 555. The first-order chi connectivity index (χ1) is 10.9. The van der Waals surface area contributed by atoms with E-state index < -0.39 is 12.1 Å². The fourth-order valence-corrected chi connectivity index (χ4v) is 2.69. The van der Waals surface area contributed by atoms with Crippen molar-refractivity contribution in [3.8, 4) is 5.75 Å². The van der Waals surface area contributed by atoms with Gasteiger partial charge in [-0.25, -0.2) is 4.79 Å². The second-order valence-electron chi connectivity index (χ2n) is 6.25. The summed E-state index contributed by atoms with van der Waals surface area (Å²) in [5.74, 6) is -0.171. The summed E-state index contributed by atoms with van der Waals surface area (Å²) in [6, 6.07) is 5.71. The number of carboxylic acid groups (broad SMARTS) is 1. The van der Waals surface area contributed by atoms with Crippen LogP contribution in [0.3, 0.4) is 0 Å². The first-order valence-electron chi connectivity index (χ1n) is 7.82. The molecule has 0 aromatic heterocycles. The number of aliphatic hydroxyl groups excluding tert-OH is 1. The number of carbonyl (C=O) groups excluding carboxylic acids is 1. The average Bonchev–Trinajstić information content (AvgIpc) is 2.86. The van der Waals surface area contributed by atoms with Crippen LogP contribution in [0.25, 0.3) is 0 Å². The van der Waals surface area contributed by atoms with Crippen LogP contribution < -0.4 is 4.74 Å². The van der Waals surface area contributed by atoms with Crippen molar-refractivity contribution >= 4 is 11.9 Å². The first-order valence-corrected chi connectivity index (χ1v) is 7.82. The van der Waals surface area contributed by atoms with Crippen molar-refractivity contribution in [2.45, 2.75) is 38.8 Å². The van der Waals surface area contributed by atoms with Crippen LogP contribution in [-0.2, 0) is 4.79 Å². The molecule has 2 atom stereocenters. The number of likely N-dealkylation sites (tertiary alicyclic amines) is 1. The average molecular weight is 321 g/mol. The van der Waals surface area contributed by atoms with Crippen LogP contribution in [0.2, 0.25) is 0 Å². The van der Waals surface area contributed by atoms with Crippen molar-refractivity contribution in [2.75, 3.05) is 13.2 Å². The van der Waals surface area contributed by atoms with Gasteiger partial charge in [0.1, 0.15) is 12.4 Å². The molecule has 126 valence electrons. The maximum atomic E-state index is 12.2. The van der Waals surface area contributed by atoms with Gasteiger partial charge < -0.3 is 19.8 Å². The highest BCUT2D eigenvalue weighted by Gasteiger charge is 2.36. The highest BCUT2D eigenvalue weighted by molar-refractivity contribution is 5.87. The predicted octanol–water partition coefficient (Wildman–Crippen LogP) is 1.77. The summed E-state index contributed by atoms with van der Waals surface area (Å²) < 4.78 is 5.63. The van der Waals surface area contributed by atoms with E-state index in [1.165, 1.54) is 12.1 Å². The van der Waals surface area contributed by atoms with Crippen molar-refractivity contribution < 1.29 is 24.5 Å². The minimum atomic E-state index is -0.992. The lowest BCUT2D eigenvalue weighted by Crippen LogP contribution is -2.43. The maximum absolute atomic E-state index is 12.2. The summed E-state index contributed by atoms with van der Waals surface area (Å²) in [7, 11) is 0. The summed E-state index contributed by atoms with van der Waals surface area (Å²) in [5.41, 5.74) is 0.187. The van der Waals surface area contributed by atoms with Gasteiger partial charge >= 0.3 is 5.97 Å². The van der Waals surface area contributed by atoms with E-state index in [4.69, 9.17) is 9.84 Å². The van der Waals surface area contributed by atoms with E-state index in [0.717, 1.165) is 0 Å². The number of ether oxygens (including phenoxy) is 1. The number of nitrogens with zero attached hydrogens (tertiary/aromatic N) is 1.